The first-order valence-electron chi connectivity index (χ1n) is 6.25. The van der Waals surface area contributed by atoms with Gasteiger partial charge in [0.1, 0.15) is 0 Å². The highest BCUT2D eigenvalue weighted by Gasteiger charge is 2.18. The van der Waals surface area contributed by atoms with E-state index in [-0.39, 0.29) is 19.1 Å². The van der Waals surface area contributed by atoms with E-state index >= 15 is 0 Å². The highest BCUT2D eigenvalue weighted by atomic mass is 16.4. The third kappa shape index (κ3) is 6.14. The molecule has 0 aliphatic rings. The maximum Gasteiger partial charge on any atom is 0.318 e. The smallest absolute Gasteiger partial charge is 0.318 e. The van der Waals surface area contributed by atoms with Crippen LogP contribution in [0.5, 0.6) is 0 Å². The number of carbonyl (C=O) groups excluding carboxylic acids is 1. The Morgan fingerprint density at radius 1 is 1.39 bits per heavy atom. The summed E-state index contributed by atoms with van der Waals surface area (Å²) in [7, 11) is 0. The van der Waals surface area contributed by atoms with Gasteiger partial charge in [0.15, 0.2) is 0 Å². The summed E-state index contributed by atoms with van der Waals surface area (Å²) in [6, 6.07) is -0.294. The van der Waals surface area contributed by atoms with Gasteiger partial charge in [0.25, 0.3) is 0 Å². The molecule has 0 saturated carbocycles. The summed E-state index contributed by atoms with van der Waals surface area (Å²) in [6.07, 6.45) is 7.32. The topological polar surface area (TPSA) is 69.6 Å². The summed E-state index contributed by atoms with van der Waals surface area (Å²) in [4.78, 5) is 24.2. The summed E-state index contributed by atoms with van der Waals surface area (Å²) in [5, 5.41) is 11.6. The maximum atomic E-state index is 11.8. The van der Waals surface area contributed by atoms with Crippen molar-refractivity contribution in [2.45, 2.75) is 33.1 Å². The quantitative estimate of drug-likeness (QED) is 0.646. The number of terminal acetylenes is 1. The Balaban J connectivity index is 4.27. The largest absolute Gasteiger partial charge is 0.481 e. The third-order valence-electron chi connectivity index (χ3n) is 2.55. The number of amides is 2. The van der Waals surface area contributed by atoms with Crippen LogP contribution in [0.1, 0.15) is 33.1 Å². The second-order valence-electron chi connectivity index (χ2n) is 4.14. The van der Waals surface area contributed by atoms with Gasteiger partial charge in [0.05, 0.1) is 12.5 Å². The van der Waals surface area contributed by atoms with Gasteiger partial charge in [-0.2, -0.15) is 0 Å². The van der Waals surface area contributed by atoms with Crippen molar-refractivity contribution in [3.8, 4) is 12.3 Å². The van der Waals surface area contributed by atoms with Crippen LogP contribution in [0.3, 0.4) is 0 Å². The van der Waals surface area contributed by atoms with Gasteiger partial charge in [-0.3, -0.25) is 4.79 Å². The molecule has 2 amide bonds. The number of rotatable bonds is 8. The van der Waals surface area contributed by atoms with Crippen molar-refractivity contribution < 1.29 is 14.7 Å². The molecule has 18 heavy (non-hydrogen) atoms. The average molecular weight is 254 g/mol. The van der Waals surface area contributed by atoms with Crippen LogP contribution in [0.15, 0.2) is 0 Å². The summed E-state index contributed by atoms with van der Waals surface area (Å²) in [5.74, 6) is 1.01. The van der Waals surface area contributed by atoms with Crippen molar-refractivity contribution >= 4 is 12.0 Å². The number of urea groups is 1. The number of hydrogen-bond donors (Lipinski definition) is 2. The van der Waals surface area contributed by atoms with Gasteiger partial charge < -0.3 is 15.3 Å². The van der Waals surface area contributed by atoms with Crippen molar-refractivity contribution in [1.29, 1.82) is 0 Å². The highest BCUT2D eigenvalue weighted by molar-refractivity contribution is 5.76. The molecular formula is C13H22N2O3. The molecule has 5 nitrogen and oxygen atoms in total. The van der Waals surface area contributed by atoms with Crippen molar-refractivity contribution in [3.63, 3.8) is 0 Å². The van der Waals surface area contributed by atoms with Gasteiger partial charge in [0, 0.05) is 13.1 Å². The van der Waals surface area contributed by atoms with E-state index in [0.717, 1.165) is 12.8 Å². The summed E-state index contributed by atoms with van der Waals surface area (Å²) in [6.45, 7) is 4.83. The van der Waals surface area contributed by atoms with Crippen molar-refractivity contribution in [2.24, 2.45) is 5.92 Å². The molecule has 0 saturated heterocycles. The van der Waals surface area contributed by atoms with Gasteiger partial charge in [0.2, 0.25) is 0 Å². The van der Waals surface area contributed by atoms with E-state index in [0.29, 0.717) is 13.0 Å². The van der Waals surface area contributed by atoms with E-state index in [1.54, 1.807) is 0 Å². The fourth-order valence-corrected chi connectivity index (χ4v) is 1.62. The van der Waals surface area contributed by atoms with Gasteiger partial charge >= 0.3 is 12.0 Å². The minimum atomic E-state index is -0.879. The van der Waals surface area contributed by atoms with E-state index in [9.17, 15) is 9.59 Å². The minimum absolute atomic E-state index is 0.146. The Morgan fingerprint density at radius 3 is 2.50 bits per heavy atom. The molecule has 0 aromatic carbocycles. The lowest BCUT2D eigenvalue weighted by atomic mass is 10.0. The average Bonchev–Trinajstić information content (AvgIpc) is 2.33. The predicted molar refractivity (Wildman–Crippen MR) is 70.1 cm³/mol. The summed E-state index contributed by atoms with van der Waals surface area (Å²) in [5.41, 5.74) is 0. The van der Waals surface area contributed by atoms with Gasteiger partial charge in [-0.1, -0.05) is 26.2 Å². The third-order valence-corrected chi connectivity index (χ3v) is 2.55. The zero-order valence-electron chi connectivity index (χ0n) is 11.1. The van der Waals surface area contributed by atoms with Crippen LogP contribution < -0.4 is 5.32 Å². The minimum Gasteiger partial charge on any atom is -0.481 e. The Morgan fingerprint density at radius 2 is 2.06 bits per heavy atom. The zero-order chi connectivity index (χ0) is 14.0. The summed E-state index contributed by atoms with van der Waals surface area (Å²) >= 11 is 0. The van der Waals surface area contributed by atoms with E-state index in [1.807, 2.05) is 13.8 Å². The van der Waals surface area contributed by atoms with Crippen molar-refractivity contribution in [1.82, 2.24) is 10.2 Å². The van der Waals surface area contributed by atoms with Crippen LogP contribution in [-0.4, -0.2) is 41.6 Å². The van der Waals surface area contributed by atoms with Gasteiger partial charge in [-0.05, 0) is 12.8 Å². The van der Waals surface area contributed by atoms with Crippen LogP contribution in [-0.2, 0) is 4.79 Å². The van der Waals surface area contributed by atoms with Crippen LogP contribution in [0, 0.1) is 18.3 Å². The first-order chi connectivity index (χ1) is 8.56. The first kappa shape index (κ1) is 16.3. The molecular weight excluding hydrogens is 232 g/mol. The predicted octanol–water partition coefficient (Wildman–Crippen LogP) is 1.54. The normalized spacial score (nSPS) is 11.4. The van der Waals surface area contributed by atoms with Gasteiger partial charge in [-0.25, -0.2) is 4.79 Å². The second kappa shape index (κ2) is 9.34. The van der Waals surface area contributed by atoms with Gasteiger partial charge in [-0.15, -0.1) is 6.42 Å². The van der Waals surface area contributed by atoms with Crippen molar-refractivity contribution in [2.75, 3.05) is 19.6 Å². The molecule has 0 aromatic rings. The number of hydrogen-bond acceptors (Lipinski definition) is 2. The summed E-state index contributed by atoms with van der Waals surface area (Å²) < 4.78 is 0. The lowest BCUT2D eigenvalue weighted by Gasteiger charge is -2.21. The van der Waals surface area contributed by atoms with Crippen molar-refractivity contribution in [3.05, 3.63) is 0 Å². The van der Waals surface area contributed by atoms with Crippen LogP contribution >= 0.6 is 0 Å². The molecule has 0 spiro atoms. The molecule has 2 N–H and O–H groups in total. The van der Waals surface area contributed by atoms with Crippen LogP contribution in [0.4, 0.5) is 4.79 Å². The molecule has 102 valence electrons. The first-order valence-corrected chi connectivity index (χ1v) is 6.25. The molecule has 0 aliphatic heterocycles. The Hall–Kier alpha value is -1.70. The molecule has 5 heteroatoms. The molecule has 0 aliphatic carbocycles. The van der Waals surface area contributed by atoms with E-state index in [1.165, 1.54) is 4.90 Å². The molecule has 0 radical (unpaired) electrons. The Kier molecular flexibility index (Phi) is 8.46. The monoisotopic (exact) mass is 254 g/mol. The standard InChI is InChI=1S/C13H22N2O3/c1-4-7-11(12(16)17)10-14-13(18)15(8-5-2)9-6-3/h2,11H,4,6-10H2,1,3H3,(H,14,18)(H,16,17). The van der Waals surface area contributed by atoms with E-state index < -0.39 is 11.9 Å². The Labute approximate surface area is 109 Å². The second-order valence-corrected chi connectivity index (χ2v) is 4.14. The highest BCUT2D eigenvalue weighted by Crippen LogP contribution is 2.05. The SMILES string of the molecule is C#CCN(CCC)C(=O)NCC(CCC)C(=O)O. The lowest BCUT2D eigenvalue weighted by Crippen LogP contribution is -2.43. The number of aliphatic carboxylic acids is 1. The Bertz CT molecular complexity index is 310. The molecule has 0 fully saturated rings. The molecule has 0 rings (SSSR count). The molecule has 1 atom stereocenters. The zero-order valence-corrected chi connectivity index (χ0v) is 11.1. The molecule has 0 bridgehead atoms. The number of nitrogens with zero attached hydrogens (tertiary/aromatic N) is 1. The molecule has 1 unspecified atom stereocenters. The lowest BCUT2D eigenvalue weighted by molar-refractivity contribution is -0.141. The van der Waals surface area contributed by atoms with Crippen LogP contribution in [0.2, 0.25) is 0 Å². The van der Waals surface area contributed by atoms with E-state index in [4.69, 9.17) is 11.5 Å². The number of nitrogens with one attached hydrogen (secondary N) is 1. The molecule has 0 heterocycles. The number of carbonyl (C=O) groups is 2. The fraction of sp³-hybridized carbons (Fsp3) is 0.692. The maximum absolute atomic E-state index is 11.8. The number of carboxylic acid groups (broad SMARTS) is 1. The number of carboxylic acids is 1. The fourth-order valence-electron chi connectivity index (χ4n) is 1.62. The molecule has 0 aromatic heterocycles. The van der Waals surface area contributed by atoms with E-state index in [2.05, 4.69) is 11.2 Å². The van der Waals surface area contributed by atoms with Crippen LogP contribution in [0.25, 0.3) is 0 Å².